The standard InChI is InChI=1S/C23H25N3O2/c27-22(15-14-21-23(28)26-20-9-5-4-8-19(20)25-21)24-18-12-10-17(11-13-18)16-6-2-1-3-7-16/h4-5,8-13,16H,1-3,6-7,14-15H2,(H,24,27)(H,26,28). The minimum atomic E-state index is -0.233. The van der Waals surface area contributed by atoms with Gasteiger partial charge in [0, 0.05) is 18.5 Å². The third-order valence-electron chi connectivity index (χ3n) is 5.53. The van der Waals surface area contributed by atoms with E-state index in [-0.39, 0.29) is 17.9 Å². The molecule has 5 nitrogen and oxygen atoms in total. The lowest BCUT2D eigenvalue weighted by molar-refractivity contribution is -0.116. The van der Waals surface area contributed by atoms with E-state index in [2.05, 4.69) is 27.4 Å². The van der Waals surface area contributed by atoms with Gasteiger partial charge in [0.15, 0.2) is 0 Å². The Morgan fingerprint density at radius 1 is 1.04 bits per heavy atom. The highest BCUT2D eigenvalue weighted by Gasteiger charge is 2.15. The van der Waals surface area contributed by atoms with Crippen molar-refractivity contribution in [3.8, 4) is 0 Å². The fourth-order valence-corrected chi connectivity index (χ4v) is 3.97. The second kappa shape index (κ2) is 8.38. The highest BCUT2D eigenvalue weighted by Crippen LogP contribution is 2.32. The van der Waals surface area contributed by atoms with Gasteiger partial charge in [-0.1, -0.05) is 43.5 Å². The van der Waals surface area contributed by atoms with Crippen LogP contribution in [0.25, 0.3) is 11.0 Å². The molecule has 28 heavy (non-hydrogen) atoms. The molecule has 0 spiro atoms. The highest BCUT2D eigenvalue weighted by atomic mass is 16.1. The third-order valence-corrected chi connectivity index (χ3v) is 5.53. The van der Waals surface area contributed by atoms with Crippen molar-refractivity contribution < 1.29 is 4.79 Å². The van der Waals surface area contributed by atoms with Gasteiger partial charge in [-0.2, -0.15) is 0 Å². The van der Waals surface area contributed by atoms with E-state index in [1.165, 1.54) is 37.7 Å². The van der Waals surface area contributed by atoms with E-state index in [4.69, 9.17) is 0 Å². The summed E-state index contributed by atoms with van der Waals surface area (Å²) in [4.78, 5) is 31.7. The summed E-state index contributed by atoms with van der Waals surface area (Å²) in [5.74, 6) is 0.545. The Kier molecular flexibility index (Phi) is 5.51. The first kappa shape index (κ1) is 18.4. The summed E-state index contributed by atoms with van der Waals surface area (Å²) >= 11 is 0. The smallest absolute Gasteiger partial charge is 0.270 e. The number of nitrogens with one attached hydrogen (secondary N) is 2. The number of hydrogen-bond acceptors (Lipinski definition) is 3. The molecule has 3 aromatic rings. The van der Waals surface area contributed by atoms with E-state index in [0.717, 1.165) is 11.2 Å². The van der Waals surface area contributed by atoms with Crippen LogP contribution in [0.5, 0.6) is 0 Å². The number of carbonyl (C=O) groups is 1. The van der Waals surface area contributed by atoms with Crippen molar-refractivity contribution in [2.75, 3.05) is 5.32 Å². The fraction of sp³-hybridized carbons (Fsp3) is 0.348. The van der Waals surface area contributed by atoms with Crippen LogP contribution in [0, 0.1) is 0 Å². The van der Waals surface area contributed by atoms with Crippen LogP contribution in [0.4, 0.5) is 5.69 Å². The van der Waals surface area contributed by atoms with Crippen molar-refractivity contribution in [1.82, 2.24) is 9.97 Å². The molecule has 1 aliphatic carbocycles. The molecule has 0 aliphatic heterocycles. The Hall–Kier alpha value is -2.95. The van der Waals surface area contributed by atoms with Crippen molar-refractivity contribution in [1.29, 1.82) is 0 Å². The summed E-state index contributed by atoms with van der Waals surface area (Å²) in [5, 5.41) is 2.92. The van der Waals surface area contributed by atoms with Gasteiger partial charge in [0.05, 0.1) is 11.0 Å². The molecule has 1 heterocycles. The molecule has 4 rings (SSSR count). The molecule has 0 saturated heterocycles. The van der Waals surface area contributed by atoms with Crippen LogP contribution in [0.2, 0.25) is 0 Å². The molecule has 5 heteroatoms. The maximum absolute atomic E-state index is 12.3. The molecular weight excluding hydrogens is 350 g/mol. The molecular formula is C23H25N3O2. The molecule has 1 amide bonds. The number of nitrogens with zero attached hydrogens (tertiary/aromatic N) is 1. The summed E-state index contributed by atoms with van der Waals surface area (Å²) in [6.45, 7) is 0. The topological polar surface area (TPSA) is 74.8 Å². The SMILES string of the molecule is O=C(CCc1nc2ccccc2[nH]c1=O)Nc1ccc(C2CCCCC2)cc1. The summed E-state index contributed by atoms with van der Waals surface area (Å²) in [6.07, 6.45) is 7.03. The van der Waals surface area contributed by atoms with Gasteiger partial charge in [-0.05, 0) is 48.6 Å². The molecule has 1 fully saturated rings. The van der Waals surface area contributed by atoms with Crippen molar-refractivity contribution in [2.45, 2.75) is 50.9 Å². The highest BCUT2D eigenvalue weighted by molar-refractivity contribution is 5.90. The van der Waals surface area contributed by atoms with Crippen molar-refractivity contribution >= 4 is 22.6 Å². The van der Waals surface area contributed by atoms with Crippen LogP contribution in [-0.2, 0) is 11.2 Å². The van der Waals surface area contributed by atoms with Crippen LogP contribution in [-0.4, -0.2) is 15.9 Å². The van der Waals surface area contributed by atoms with Crippen molar-refractivity contribution in [3.05, 3.63) is 70.1 Å². The van der Waals surface area contributed by atoms with Crippen LogP contribution < -0.4 is 10.9 Å². The quantitative estimate of drug-likeness (QED) is 0.687. The number of aromatic nitrogens is 2. The Balaban J connectivity index is 1.35. The number of benzene rings is 2. The van der Waals surface area contributed by atoms with Gasteiger partial charge in [0.2, 0.25) is 5.91 Å². The van der Waals surface area contributed by atoms with E-state index < -0.39 is 0 Å². The van der Waals surface area contributed by atoms with Gasteiger partial charge in [-0.25, -0.2) is 4.98 Å². The zero-order valence-corrected chi connectivity index (χ0v) is 15.9. The number of aryl methyl sites for hydroxylation is 1. The average Bonchev–Trinajstić information content (AvgIpc) is 2.73. The Morgan fingerprint density at radius 2 is 1.79 bits per heavy atom. The van der Waals surface area contributed by atoms with Gasteiger partial charge in [-0.15, -0.1) is 0 Å². The van der Waals surface area contributed by atoms with Crippen LogP contribution in [0.15, 0.2) is 53.3 Å². The number of rotatable bonds is 5. The largest absolute Gasteiger partial charge is 0.326 e. The lowest BCUT2D eigenvalue weighted by atomic mass is 9.84. The third kappa shape index (κ3) is 4.30. The monoisotopic (exact) mass is 375 g/mol. The summed E-state index contributed by atoms with van der Waals surface area (Å²) in [7, 11) is 0. The number of anilines is 1. The average molecular weight is 375 g/mol. The number of para-hydroxylation sites is 2. The van der Waals surface area contributed by atoms with Gasteiger partial charge >= 0.3 is 0 Å². The van der Waals surface area contributed by atoms with E-state index in [1.54, 1.807) is 0 Å². The number of aromatic amines is 1. The Morgan fingerprint density at radius 3 is 2.57 bits per heavy atom. The number of amides is 1. The molecule has 2 N–H and O–H groups in total. The molecule has 0 radical (unpaired) electrons. The molecule has 1 aliphatic rings. The summed E-state index contributed by atoms with van der Waals surface area (Å²) < 4.78 is 0. The molecule has 1 saturated carbocycles. The summed E-state index contributed by atoms with van der Waals surface area (Å²) in [5.41, 5.74) is 3.76. The number of fused-ring (bicyclic) bond motifs is 1. The minimum Gasteiger partial charge on any atom is -0.326 e. The zero-order valence-electron chi connectivity index (χ0n) is 15.9. The van der Waals surface area contributed by atoms with E-state index in [1.807, 2.05) is 36.4 Å². The second-order valence-electron chi connectivity index (χ2n) is 7.53. The Labute approximate surface area is 164 Å². The maximum atomic E-state index is 12.3. The number of H-pyrrole nitrogens is 1. The van der Waals surface area contributed by atoms with Gasteiger partial charge in [0.1, 0.15) is 5.69 Å². The number of carbonyl (C=O) groups excluding carboxylic acids is 1. The molecule has 144 valence electrons. The van der Waals surface area contributed by atoms with E-state index in [0.29, 0.717) is 23.5 Å². The van der Waals surface area contributed by atoms with E-state index >= 15 is 0 Å². The first-order valence-corrected chi connectivity index (χ1v) is 10.1. The predicted octanol–water partition coefficient (Wildman–Crippen LogP) is 4.54. The normalized spacial score (nSPS) is 14.9. The summed E-state index contributed by atoms with van der Waals surface area (Å²) in [6, 6.07) is 15.6. The second-order valence-corrected chi connectivity index (χ2v) is 7.53. The molecule has 0 unspecified atom stereocenters. The van der Waals surface area contributed by atoms with Crippen LogP contribution >= 0.6 is 0 Å². The maximum Gasteiger partial charge on any atom is 0.270 e. The van der Waals surface area contributed by atoms with Gasteiger partial charge in [0.25, 0.3) is 5.56 Å². The molecule has 0 bridgehead atoms. The number of hydrogen-bond donors (Lipinski definition) is 2. The molecule has 0 atom stereocenters. The fourth-order valence-electron chi connectivity index (χ4n) is 3.97. The lowest BCUT2D eigenvalue weighted by Crippen LogP contribution is -2.19. The molecule has 1 aromatic heterocycles. The van der Waals surface area contributed by atoms with E-state index in [9.17, 15) is 9.59 Å². The Bertz CT molecular complexity index is 1020. The zero-order chi connectivity index (χ0) is 19.3. The van der Waals surface area contributed by atoms with Crippen molar-refractivity contribution in [3.63, 3.8) is 0 Å². The van der Waals surface area contributed by atoms with Gasteiger partial charge in [-0.3, -0.25) is 9.59 Å². The van der Waals surface area contributed by atoms with Crippen molar-refractivity contribution in [2.24, 2.45) is 0 Å². The predicted molar refractivity (Wildman–Crippen MR) is 112 cm³/mol. The first-order chi connectivity index (χ1) is 13.7. The molecule has 2 aromatic carbocycles. The van der Waals surface area contributed by atoms with Crippen LogP contribution in [0.3, 0.4) is 0 Å². The lowest BCUT2D eigenvalue weighted by Gasteiger charge is -2.22. The first-order valence-electron chi connectivity index (χ1n) is 10.1. The minimum absolute atomic E-state index is 0.111. The van der Waals surface area contributed by atoms with Crippen LogP contribution in [0.1, 0.15) is 55.7 Å². The van der Waals surface area contributed by atoms with Gasteiger partial charge < -0.3 is 10.3 Å².